The number of carbonyl (C=O) groups excluding carboxylic acids is 1. The zero-order chi connectivity index (χ0) is 12.7. The van der Waals surface area contributed by atoms with Crippen LogP contribution < -0.4 is 5.73 Å². The van der Waals surface area contributed by atoms with Crippen molar-refractivity contribution in [3.8, 4) is 0 Å². The maximum absolute atomic E-state index is 11.3. The van der Waals surface area contributed by atoms with Gasteiger partial charge in [-0.3, -0.25) is 0 Å². The number of carbonyl (C=O) groups is 1. The number of urea groups is 1. The molecule has 1 aromatic carbocycles. The standard InChI is InChI=1S/C14H18N2O2/c15-14(18)16-8-12(17)13(16)11-7-3-5-9-4-1-2-6-10(9)11/h1-2,4,6,11-13,17H,3,5,7-8H2,(H2,15,18). The molecule has 96 valence electrons. The second kappa shape index (κ2) is 4.28. The topological polar surface area (TPSA) is 66.6 Å². The second-order valence-electron chi connectivity index (χ2n) is 5.25. The summed E-state index contributed by atoms with van der Waals surface area (Å²) in [4.78, 5) is 12.9. The number of rotatable bonds is 1. The number of aryl methyl sites for hydroxylation is 1. The maximum atomic E-state index is 11.3. The summed E-state index contributed by atoms with van der Waals surface area (Å²) in [5.74, 6) is 0.228. The average Bonchev–Trinajstić information content (AvgIpc) is 2.36. The zero-order valence-corrected chi connectivity index (χ0v) is 10.2. The largest absolute Gasteiger partial charge is 0.389 e. The smallest absolute Gasteiger partial charge is 0.315 e. The van der Waals surface area contributed by atoms with Gasteiger partial charge in [0.05, 0.1) is 18.7 Å². The first-order valence-electron chi connectivity index (χ1n) is 6.50. The fourth-order valence-corrected chi connectivity index (χ4v) is 3.37. The van der Waals surface area contributed by atoms with E-state index in [0.29, 0.717) is 6.54 Å². The Kier molecular flexibility index (Phi) is 2.74. The molecule has 3 unspecified atom stereocenters. The molecule has 0 bridgehead atoms. The summed E-state index contributed by atoms with van der Waals surface area (Å²) in [6.45, 7) is 0.374. The van der Waals surface area contributed by atoms with Crippen molar-refractivity contribution in [1.29, 1.82) is 0 Å². The fourth-order valence-electron chi connectivity index (χ4n) is 3.37. The zero-order valence-electron chi connectivity index (χ0n) is 10.2. The van der Waals surface area contributed by atoms with E-state index < -0.39 is 12.1 Å². The third-order valence-electron chi connectivity index (χ3n) is 4.25. The average molecular weight is 246 g/mol. The Labute approximate surface area is 106 Å². The van der Waals surface area contributed by atoms with E-state index in [9.17, 15) is 9.90 Å². The molecule has 3 N–H and O–H groups in total. The van der Waals surface area contributed by atoms with E-state index in [2.05, 4.69) is 12.1 Å². The molecular weight excluding hydrogens is 228 g/mol. The summed E-state index contributed by atoms with van der Waals surface area (Å²) < 4.78 is 0. The van der Waals surface area contributed by atoms with E-state index in [-0.39, 0.29) is 12.0 Å². The number of hydrogen-bond acceptors (Lipinski definition) is 2. The van der Waals surface area contributed by atoms with Gasteiger partial charge in [0.15, 0.2) is 0 Å². The van der Waals surface area contributed by atoms with Crippen LogP contribution in [0.4, 0.5) is 4.79 Å². The Morgan fingerprint density at radius 1 is 1.39 bits per heavy atom. The number of hydrogen-bond donors (Lipinski definition) is 2. The number of nitrogens with two attached hydrogens (primary N) is 1. The molecule has 0 spiro atoms. The van der Waals surface area contributed by atoms with E-state index in [1.807, 2.05) is 12.1 Å². The van der Waals surface area contributed by atoms with E-state index in [0.717, 1.165) is 19.3 Å². The van der Waals surface area contributed by atoms with E-state index in [1.165, 1.54) is 11.1 Å². The van der Waals surface area contributed by atoms with Crippen molar-refractivity contribution in [3.05, 3.63) is 35.4 Å². The van der Waals surface area contributed by atoms with Crippen LogP contribution in [0.1, 0.15) is 29.9 Å². The molecule has 1 aliphatic carbocycles. The van der Waals surface area contributed by atoms with Crippen molar-refractivity contribution in [2.24, 2.45) is 5.73 Å². The molecule has 18 heavy (non-hydrogen) atoms. The first-order valence-corrected chi connectivity index (χ1v) is 6.50. The second-order valence-corrected chi connectivity index (χ2v) is 5.25. The van der Waals surface area contributed by atoms with Crippen LogP contribution in [-0.4, -0.2) is 34.7 Å². The van der Waals surface area contributed by atoms with E-state index in [4.69, 9.17) is 5.73 Å². The van der Waals surface area contributed by atoms with Crippen molar-refractivity contribution in [3.63, 3.8) is 0 Å². The van der Waals surface area contributed by atoms with Gasteiger partial charge in [-0.15, -0.1) is 0 Å². The van der Waals surface area contributed by atoms with Gasteiger partial charge in [-0.25, -0.2) is 4.79 Å². The number of aliphatic hydroxyl groups is 1. The molecule has 4 heteroatoms. The minimum absolute atomic E-state index is 0.135. The van der Waals surface area contributed by atoms with Crippen LogP contribution in [0.2, 0.25) is 0 Å². The lowest BCUT2D eigenvalue weighted by Gasteiger charge is -2.49. The third kappa shape index (κ3) is 1.68. The van der Waals surface area contributed by atoms with Crippen molar-refractivity contribution >= 4 is 6.03 Å². The summed E-state index contributed by atoms with van der Waals surface area (Å²) in [5.41, 5.74) is 7.97. The number of nitrogens with zero attached hydrogens (tertiary/aromatic N) is 1. The lowest BCUT2D eigenvalue weighted by molar-refractivity contribution is -0.0456. The molecule has 1 aromatic rings. The quantitative estimate of drug-likeness (QED) is 0.782. The van der Waals surface area contributed by atoms with Gasteiger partial charge < -0.3 is 15.7 Å². The summed E-state index contributed by atoms with van der Waals surface area (Å²) in [6, 6.07) is 7.77. The van der Waals surface area contributed by atoms with Crippen molar-refractivity contribution in [2.45, 2.75) is 37.3 Å². The molecule has 1 aliphatic heterocycles. The minimum atomic E-state index is -0.436. The highest BCUT2D eigenvalue weighted by molar-refractivity contribution is 5.74. The van der Waals surface area contributed by atoms with E-state index >= 15 is 0 Å². The molecule has 1 fully saturated rings. The first-order chi connectivity index (χ1) is 8.68. The summed E-state index contributed by atoms with van der Waals surface area (Å²) in [6.07, 6.45) is 2.78. The molecule has 0 aromatic heterocycles. The highest BCUT2D eigenvalue weighted by Crippen LogP contribution is 2.40. The van der Waals surface area contributed by atoms with Crippen LogP contribution >= 0.6 is 0 Å². The van der Waals surface area contributed by atoms with Crippen LogP contribution in [0.5, 0.6) is 0 Å². The maximum Gasteiger partial charge on any atom is 0.315 e. The molecule has 1 heterocycles. The molecule has 0 radical (unpaired) electrons. The molecule has 3 atom stereocenters. The van der Waals surface area contributed by atoms with Crippen molar-refractivity contribution in [2.75, 3.05) is 6.54 Å². The van der Waals surface area contributed by atoms with Gasteiger partial charge >= 0.3 is 6.03 Å². The lowest BCUT2D eigenvalue weighted by Crippen LogP contribution is -2.65. The van der Waals surface area contributed by atoms with Crippen LogP contribution in [0.25, 0.3) is 0 Å². The molecular formula is C14H18N2O2. The number of benzene rings is 1. The summed E-state index contributed by atoms with van der Waals surface area (Å²) in [7, 11) is 0. The van der Waals surface area contributed by atoms with Crippen LogP contribution in [0.3, 0.4) is 0 Å². The van der Waals surface area contributed by atoms with Crippen LogP contribution in [-0.2, 0) is 6.42 Å². The first kappa shape index (κ1) is 11.5. The van der Waals surface area contributed by atoms with Gasteiger partial charge in [0.2, 0.25) is 0 Å². The SMILES string of the molecule is NC(=O)N1CC(O)C1C1CCCc2ccccc21. The predicted octanol–water partition coefficient (Wildman–Crippen LogP) is 1.23. The van der Waals surface area contributed by atoms with Gasteiger partial charge in [0, 0.05) is 5.92 Å². The molecule has 3 rings (SSSR count). The number of primary amides is 1. The molecule has 2 aliphatic rings. The van der Waals surface area contributed by atoms with E-state index in [1.54, 1.807) is 4.90 Å². The van der Waals surface area contributed by atoms with Crippen LogP contribution in [0, 0.1) is 0 Å². The third-order valence-corrected chi connectivity index (χ3v) is 4.25. The van der Waals surface area contributed by atoms with Gasteiger partial charge in [-0.2, -0.15) is 0 Å². The Morgan fingerprint density at radius 2 is 2.17 bits per heavy atom. The predicted molar refractivity (Wildman–Crippen MR) is 68.2 cm³/mol. The monoisotopic (exact) mass is 246 g/mol. The van der Waals surface area contributed by atoms with Crippen molar-refractivity contribution in [1.82, 2.24) is 4.90 Å². The molecule has 4 nitrogen and oxygen atoms in total. The summed E-state index contributed by atoms with van der Waals surface area (Å²) >= 11 is 0. The van der Waals surface area contributed by atoms with Gasteiger partial charge in [0.1, 0.15) is 0 Å². The summed E-state index contributed by atoms with van der Waals surface area (Å²) in [5, 5.41) is 9.96. The Hall–Kier alpha value is -1.55. The Morgan fingerprint density at radius 3 is 2.89 bits per heavy atom. The fraction of sp³-hybridized carbons (Fsp3) is 0.500. The normalized spacial score (nSPS) is 30.5. The molecule has 1 saturated heterocycles. The lowest BCUT2D eigenvalue weighted by atomic mass is 9.74. The minimum Gasteiger partial charge on any atom is -0.389 e. The van der Waals surface area contributed by atoms with Crippen LogP contribution in [0.15, 0.2) is 24.3 Å². The Bertz CT molecular complexity index is 475. The number of likely N-dealkylation sites (tertiary alicyclic amines) is 1. The number of β-amino-alcohol motifs (C(OH)–C–C–N with tert-alkyl or cyclic N) is 1. The van der Waals surface area contributed by atoms with Gasteiger partial charge in [-0.05, 0) is 30.4 Å². The van der Waals surface area contributed by atoms with Gasteiger partial charge in [-0.1, -0.05) is 24.3 Å². The van der Waals surface area contributed by atoms with Gasteiger partial charge in [0.25, 0.3) is 0 Å². The number of aliphatic hydroxyl groups excluding tert-OH is 1. The molecule has 0 saturated carbocycles. The highest BCUT2D eigenvalue weighted by atomic mass is 16.3. The number of amides is 2. The highest BCUT2D eigenvalue weighted by Gasteiger charge is 2.46. The van der Waals surface area contributed by atoms with Crippen molar-refractivity contribution < 1.29 is 9.90 Å². The number of fused-ring (bicyclic) bond motifs is 1. The molecule has 2 amide bonds. The Balaban J connectivity index is 1.91.